The van der Waals surface area contributed by atoms with Gasteiger partial charge in [0.1, 0.15) is 0 Å². The van der Waals surface area contributed by atoms with Crippen molar-refractivity contribution in [2.75, 3.05) is 5.32 Å². The molecule has 0 amide bonds. The van der Waals surface area contributed by atoms with Crippen LogP contribution in [-0.2, 0) is 0 Å². The predicted molar refractivity (Wildman–Crippen MR) is 84.4 cm³/mol. The first kappa shape index (κ1) is 16.5. The highest BCUT2D eigenvalue weighted by Crippen LogP contribution is 2.35. The topological polar surface area (TPSA) is 32.3 Å². The number of phenols is 1. The Hall–Kier alpha value is -0.600. The molecule has 19 heavy (non-hydrogen) atoms. The van der Waals surface area contributed by atoms with Gasteiger partial charge in [-0.15, -0.1) is 0 Å². The van der Waals surface area contributed by atoms with Gasteiger partial charge in [-0.2, -0.15) is 0 Å². The number of halogens is 2. The monoisotopic (exact) mass is 303 g/mol. The highest BCUT2D eigenvalue weighted by atomic mass is 35.5. The van der Waals surface area contributed by atoms with E-state index < -0.39 is 0 Å². The molecule has 1 rings (SSSR count). The minimum absolute atomic E-state index is 0.0573. The van der Waals surface area contributed by atoms with Gasteiger partial charge in [-0.05, 0) is 36.8 Å². The van der Waals surface area contributed by atoms with Crippen LogP contribution in [0.3, 0.4) is 0 Å². The van der Waals surface area contributed by atoms with Gasteiger partial charge < -0.3 is 10.4 Å². The van der Waals surface area contributed by atoms with Crippen LogP contribution in [0.1, 0.15) is 40.5 Å². The second kappa shape index (κ2) is 7.25. The molecule has 0 aliphatic carbocycles. The van der Waals surface area contributed by atoms with Crippen LogP contribution in [0.2, 0.25) is 10.0 Å². The number of nitrogens with one attached hydrogen (secondary N) is 1. The summed E-state index contributed by atoms with van der Waals surface area (Å²) in [5.41, 5.74) is 0.860. The summed E-state index contributed by atoms with van der Waals surface area (Å²) in [5, 5.41) is 13.6. The molecule has 1 aromatic rings. The maximum atomic E-state index is 9.56. The molecule has 1 aromatic carbocycles. The third-order valence-electron chi connectivity index (χ3n) is 2.90. The van der Waals surface area contributed by atoms with Crippen molar-refractivity contribution >= 4 is 28.9 Å². The van der Waals surface area contributed by atoms with Crippen molar-refractivity contribution in [3.05, 3.63) is 22.2 Å². The van der Waals surface area contributed by atoms with Crippen molar-refractivity contribution in [1.82, 2.24) is 0 Å². The van der Waals surface area contributed by atoms with Gasteiger partial charge in [0.2, 0.25) is 0 Å². The van der Waals surface area contributed by atoms with Gasteiger partial charge in [-0.25, -0.2) is 0 Å². The summed E-state index contributed by atoms with van der Waals surface area (Å²) in [5.74, 6) is 1.19. The molecule has 4 heteroatoms. The fraction of sp³-hybridized carbons (Fsp3) is 0.600. The lowest BCUT2D eigenvalue weighted by atomic mass is 9.95. The van der Waals surface area contributed by atoms with Crippen molar-refractivity contribution in [3.8, 4) is 5.75 Å². The van der Waals surface area contributed by atoms with Gasteiger partial charge in [0.15, 0.2) is 5.75 Å². The second-order valence-electron chi connectivity index (χ2n) is 5.89. The summed E-state index contributed by atoms with van der Waals surface area (Å²) in [4.78, 5) is 0. The Balaban J connectivity index is 2.83. The van der Waals surface area contributed by atoms with Crippen molar-refractivity contribution in [3.63, 3.8) is 0 Å². The molecular formula is C15H23Cl2NO. The maximum Gasteiger partial charge on any atom is 0.152 e. The lowest BCUT2D eigenvalue weighted by molar-refractivity contribution is 0.442. The van der Waals surface area contributed by atoms with E-state index >= 15 is 0 Å². The number of hydrogen-bond donors (Lipinski definition) is 2. The van der Waals surface area contributed by atoms with E-state index in [2.05, 4.69) is 33.0 Å². The SMILES string of the molecule is CC(C)CC(CC(C)C)Nc1cc(Cl)c(O)c(Cl)c1. The van der Waals surface area contributed by atoms with Crippen LogP contribution >= 0.6 is 23.2 Å². The molecule has 0 fully saturated rings. The average Bonchev–Trinajstić information content (AvgIpc) is 2.23. The van der Waals surface area contributed by atoms with E-state index in [9.17, 15) is 5.11 Å². The molecule has 0 bridgehead atoms. The van der Waals surface area contributed by atoms with E-state index in [4.69, 9.17) is 23.2 Å². The number of anilines is 1. The highest BCUT2D eigenvalue weighted by molar-refractivity contribution is 6.37. The summed E-state index contributed by atoms with van der Waals surface area (Å²) in [6.45, 7) is 8.86. The smallest absolute Gasteiger partial charge is 0.152 e. The molecule has 0 aliphatic rings. The van der Waals surface area contributed by atoms with Crippen LogP contribution < -0.4 is 5.32 Å². The van der Waals surface area contributed by atoms with Crippen LogP contribution in [-0.4, -0.2) is 11.1 Å². The Kier molecular flexibility index (Phi) is 6.28. The molecule has 2 nitrogen and oxygen atoms in total. The van der Waals surface area contributed by atoms with Gasteiger partial charge in [-0.1, -0.05) is 50.9 Å². The van der Waals surface area contributed by atoms with E-state index in [-0.39, 0.29) is 15.8 Å². The summed E-state index contributed by atoms with van der Waals surface area (Å²) < 4.78 is 0. The van der Waals surface area contributed by atoms with Crippen LogP contribution in [0.15, 0.2) is 12.1 Å². The van der Waals surface area contributed by atoms with E-state index in [0.29, 0.717) is 17.9 Å². The van der Waals surface area contributed by atoms with Crippen molar-refractivity contribution in [2.45, 2.75) is 46.6 Å². The first-order valence-corrected chi connectivity index (χ1v) is 7.49. The lowest BCUT2D eigenvalue weighted by Crippen LogP contribution is -2.23. The van der Waals surface area contributed by atoms with Crippen LogP contribution in [0.4, 0.5) is 5.69 Å². The first-order chi connectivity index (χ1) is 8.79. The number of aromatic hydroxyl groups is 1. The summed E-state index contributed by atoms with van der Waals surface area (Å²) in [7, 11) is 0. The minimum atomic E-state index is -0.0573. The van der Waals surface area contributed by atoms with E-state index in [1.54, 1.807) is 12.1 Å². The molecule has 0 aromatic heterocycles. The van der Waals surface area contributed by atoms with Gasteiger partial charge in [0.05, 0.1) is 10.0 Å². The minimum Gasteiger partial charge on any atom is -0.505 e. The largest absolute Gasteiger partial charge is 0.505 e. The highest BCUT2D eigenvalue weighted by Gasteiger charge is 2.14. The molecule has 0 unspecified atom stereocenters. The summed E-state index contributed by atoms with van der Waals surface area (Å²) in [6, 6.07) is 3.82. The zero-order chi connectivity index (χ0) is 14.6. The Labute approximate surface area is 126 Å². The van der Waals surface area contributed by atoms with Crippen LogP contribution in [0.25, 0.3) is 0 Å². The van der Waals surface area contributed by atoms with Gasteiger partial charge in [0.25, 0.3) is 0 Å². The number of benzene rings is 1. The lowest BCUT2D eigenvalue weighted by Gasteiger charge is -2.24. The Morgan fingerprint density at radius 3 is 1.79 bits per heavy atom. The number of phenolic OH excluding ortho intramolecular Hbond substituents is 1. The standard InChI is InChI=1S/C15H23Cl2NO/c1-9(2)5-11(6-10(3)4)18-12-7-13(16)15(19)14(17)8-12/h7-11,18-19H,5-6H2,1-4H3. The Morgan fingerprint density at radius 2 is 1.42 bits per heavy atom. The third kappa shape index (κ3) is 5.50. The molecule has 0 spiro atoms. The third-order valence-corrected chi connectivity index (χ3v) is 3.48. The molecule has 0 aliphatic heterocycles. The Bertz CT molecular complexity index is 386. The molecule has 0 atom stereocenters. The van der Waals surface area contributed by atoms with E-state index in [0.717, 1.165) is 18.5 Å². The number of rotatable bonds is 6. The van der Waals surface area contributed by atoms with Crippen LogP contribution in [0, 0.1) is 11.8 Å². The fourth-order valence-electron chi connectivity index (χ4n) is 2.24. The van der Waals surface area contributed by atoms with E-state index in [1.807, 2.05) is 0 Å². The zero-order valence-corrected chi connectivity index (χ0v) is 13.5. The zero-order valence-electron chi connectivity index (χ0n) is 12.0. The van der Waals surface area contributed by atoms with Crippen molar-refractivity contribution in [1.29, 1.82) is 0 Å². The molecule has 0 heterocycles. The average molecular weight is 304 g/mol. The van der Waals surface area contributed by atoms with Crippen molar-refractivity contribution < 1.29 is 5.11 Å². The predicted octanol–water partition coefficient (Wildman–Crippen LogP) is 5.57. The summed E-state index contributed by atoms with van der Waals surface area (Å²) in [6.07, 6.45) is 2.18. The number of hydrogen-bond acceptors (Lipinski definition) is 2. The second-order valence-corrected chi connectivity index (χ2v) is 6.70. The molecular weight excluding hydrogens is 281 g/mol. The first-order valence-electron chi connectivity index (χ1n) is 6.74. The maximum absolute atomic E-state index is 9.56. The van der Waals surface area contributed by atoms with Crippen molar-refractivity contribution in [2.24, 2.45) is 11.8 Å². The molecule has 108 valence electrons. The molecule has 0 saturated heterocycles. The fourth-order valence-corrected chi connectivity index (χ4v) is 2.72. The van der Waals surface area contributed by atoms with Crippen LogP contribution in [0.5, 0.6) is 5.75 Å². The van der Waals surface area contributed by atoms with Gasteiger partial charge in [-0.3, -0.25) is 0 Å². The Morgan fingerprint density at radius 1 is 1.00 bits per heavy atom. The van der Waals surface area contributed by atoms with Gasteiger partial charge in [0, 0.05) is 11.7 Å². The molecule has 0 radical (unpaired) electrons. The molecule has 0 saturated carbocycles. The molecule has 2 N–H and O–H groups in total. The quantitative estimate of drug-likeness (QED) is 0.673. The van der Waals surface area contributed by atoms with E-state index in [1.165, 1.54) is 0 Å². The summed E-state index contributed by atoms with van der Waals surface area (Å²) >= 11 is 11.9. The normalized spacial score (nSPS) is 11.6. The van der Waals surface area contributed by atoms with Gasteiger partial charge >= 0.3 is 0 Å².